The maximum Gasteiger partial charge on any atom is 0.255 e. The van der Waals surface area contributed by atoms with Crippen molar-refractivity contribution in [3.05, 3.63) is 29.6 Å². The van der Waals surface area contributed by atoms with Crippen molar-refractivity contribution in [3.8, 4) is 5.75 Å². The molecule has 2 atom stereocenters. The second-order valence-electron chi connectivity index (χ2n) is 6.51. The predicted molar refractivity (Wildman–Crippen MR) is 86.8 cm³/mol. The minimum Gasteiger partial charge on any atom is -0.496 e. The predicted octanol–water partition coefficient (Wildman–Crippen LogP) is 1.23. The molecule has 1 N–H and O–H groups in total. The van der Waals surface area contributed by atoms with Gasteiger partial charge >= 0.3 is 0 Å². The normalized spacial score (nSPS) is 24.8. The van der Waals surface area contributed by atoms with Crippen LogP contribution in [0.1, 0.15) is 23.2 Å². The first kappa shape index (κ1) is 17.2. The molecule has 2 aliphatic rings. The van der Waals surface area contributed by atoms with Crippen molar-refractivity contribution >= 4 is 15.9 Å². The van der Waals surface area contributed by atoms with Gasteiger partial charge in [-0.05, 0) is 42.9 Å². The summed E-state index contributed by atoms with van der Waals surface area (Å²) in [6.07, 6.45) is 3.28. The maximum atomic E-state index is 13.5. The van der Waals surface area contributed by atoms with Gasteiger partial charge in [0, 0.05) is 19.1 Å². The van der Waals surface area contributed by atoms with E-state index in [1.54, 1.807) is 0 Å². The summed E-state index contributed by atoms with van der Waals surface area (Å²) in [5.41, 5.74) is 0.116. The van der Waals surface area contributed by atoms with Gasteiger partial charge in [-0.15, -0.1) is 0 Å². The molecule has 132 valence electrons. The first-order valence-electron chi connectivity index (χ1n) is 7.89. The Kier molecular flexibility index (Phi) is 4.52. The number of carbonyl (C=O) groups excluding carboxylic acids is 1. The van der Waals surface area contributed by atoms with E-state index < -0.39 is 21.7 Å². The van der Waals surface area contributed by atoms with Gasteiger partial charge in [0.25, 0.3) is 5.91 Å². The quantitative estimate of drug-likeness (QED) is 0.861. The summed E-state index contributed by atoms with van der Waals surface area (Å²) in [5.74, 6) is -0.143. The zero-order chi connectivity index (χ0) is 17.5. The molecule has 0 bridgehead atoms. The smallest absolute Gasteiger partial charge is 0.255 e. The summed E-state index contributed by atoms with van der Waals surface area (Å²) in [4.78, 5) is 12.6. The number of carbonyl (C=O) groups is 1. The third kappa shape index (κ3) is 3.54. The van der Waals surface area contributed by atoms with E-state index in [-0.39, 0.29) is 29.8 Å². The van der Waals surface area contributed by atoms with Crippen LogP contribution < -0.4 is 10.1 Å². The summed E-state index contributed by atoms with van der Waals surface area (Å²) in [7, 11) is -1.88. The van der Waals surface area contributed by atoms with Gasteiger partial charge < -0.3 is 10.1 Å². The molecule has 2 fully saturated rings. The number of amides is 1. The lowest BCUT2D eigenvalue weighted by atomic mass is 9.97. The van der Waals surface area contributed by atoms with Gasteiger partial charge in [0.1, 0.15) is 11.6 Å². The number of ether oxygens (including phenoxy) is 1. The first-order valence-corrected chi connectivity index (χ1v) is 9.74. The molecule has 0 unspecified atom stereocenters. The zero-order valence-electron chi connectivity index (χ0n) is 13.7. The van der Waals surface area contributed by atoms with E-state index in [0.29, 0.717) is 12.5 Å². The molecule has 1 aliphatic heterocycles. The molecule has 0 spiro atoms. The Bertz CT molecular complexity index is 748. The van der Waals surface area contributed by atoms with Gasteiger partial charge in [-0.3, -0.25) is 4.79 Å². The molecule has 1 saturated carbocycles. The molecule has 24 heavy (non-hydrogen) atoms. The number of hydrogen-bond donors (Lipinski definition) is 1. The fourth-order valence-corrected chi connectivity index (χ4v) is 4.20. The highest BCUT2D eigenvalue weighted by molar-refractivity contribution is 7.88. The van der Waals surface area contributed by atoms with Crippen LogP contribution in [0.3, 0.4) is 0 Å². The van der Waals surface area contributed by atoms with E-state index >= 15 is 0 Å². The minimum atomic E-state index is -3.30. The van der Waals surface area contributed by atoms with Crippen molar-refractivity contribution in [1.82, 2.24) is 9.62 Å². The topological polar surface area (TPSA) is 75.7 Å². The summed E-state index contributed by atoms with van der Waals surface area (Å²) in [6.45, 7) is 0.679. The Morgan fingerprint density at radius 3 is 2.62 bits per heavy atom. The Morgan fingerprint density at radius 2 is 2.04 bits per heavy atom. The summed E-state index contributed by atoms with van der Waals surface area (Å²) >= 11 is 0. The number of sulfonamides is 1. The number of benzene rings is 1. The van der Waals surface area contributed by atoms with Crippen molar-refractivity contribution in [3.63, 3.8) is 0 Å². The molecule has 3 rings (SSSR count). The number of halogens is 1. The van der Waals surface area contributed by atoms with Crippen LogP contribution in [0.5, 0.6) is 5.75 Å². The van der Waals surface area contributed by atoms with Gasteiger partial charge in [0.2, 0.25) is 10.0 Å². The molecule has 0 aromatic heterocycles. The van der Waals surface area contributed by atoms with Crippen LogP contribution in [0, 0.1) is 17.7 Å². The van der Waals surface area contributed by atoms with E-state index in [0.717, 1.165) is 18.9 Å². The summed E-state index contributed by atoms with van der Waals surface area (Å²) < 4.78 is 43.6. The highest BCUT2D eigenvalue weighted by Gasteiger charge is 2.45. The largest absolute Gasteiger partial charge is 0.496 e. The molecule has 1 amide bonds. The van der Waals surface area contributed by atoms with E-state index in [1.807, 2.05) is 0 Å². The van der Waals surface area contributed by atoms with Crippen LogP contribution in [0.25, 0.3) is 0 Å². The molecule has 8 heteroatoms. The van der Waals surface area contributed by atoms with Crippen molar-refractivity contribution < 1.29 is 22.3 Å². The van der Waals surface area contributed by atoms with Crippen LogP contribution in [0.4, 0.5) is 4.39 Å². The van der Waals surface area contributed by atoms with E-state index in [2.05, 4.69) is 5.32 Å². The molecule has 6 nitrogen and oxygen atoms in total. The Balaban J connectivity index is 1.79. The second-order valence-corrected chi connectivity index (χ2v) is 8.49. The zero-order valence-corrected chi connectivity index (χ0v) is 14.5. The Hall–Kier alpha value is -1.67. The third-order valence-electron chi connectivity index (χ3n) is 4.75. The monoisotopic (exact) mass is 356 g/mol. The maximum absolute atomic E-state index is 13.5. The number of nitrogens with one attached hydrogen (secondary N) is 1. The average molecular weight is 356 g/mol. The number of rotatable bonds is 5. The van der Waals surface area contributed by atoms with Crippen molar-refractivity contribution in [2.24, 2.45) is 11.8 Å². The minimum absolute atomic E-state index is 0.100. The van der Waals surface area contributed by atoms with Crippen LogP contribution >= 0.6 is 0 Å². The van der Waals surface area contributed by atoms with Crippen LogP contribution in [0.2, 0.25) is 0 Å². The lowest BCUT2D eigenvalue weighted by Crippen LogP contribution is -2.41. The fourth-order valence-electron chi connectivity index (χ4n) is 3.32. The first-order chi connectivity index (χ1) is 11.3. The summed E-state index contributed by atoms with van der Waals surface area (Å²) in [6, 6.07) is 3.49. The van der Waals surface area contributed by atoms with Crippen LogP contribution in [-0.2, 0) is 10.0 Å². The molecule has 1 aromatic rings. The van der Waals surface area contributed by atoms with E-state index in [9.17, 15) is 17.6 Å². The SMILES string of the molecule is COc1ccc(F)cc1C(=O)N[C@@H]1CN(S(C)(=O)=O)C[C@H]1C1CC1. The van der Waals surface area contributed by atoms with Gasteiger partial charge in [-0.2, -0.15) is 4.31 Å². The van der Waals surface area contributed by atoms with E-state index in [1.165, 1.54) is 29.8 Å². The average Bonchev–Trinajstić information content (AvgIpc) is 3.27. The number of nitrogens with zero attached hydrogens (tertiary/aromatic N) is 1. The standard InChI is InChI=1S/C16H21FN2O4S/c1-23-15-6-5-11(17)7-12(15)16(20)18-14-9-19(24(2,21)22)8-13(14)10-3-4-10/h5-7,10,13-14H,3-4,8-9H2,1-2H3,(H,18,20)/t13-,14+/m0/s1. The lowest BCUT2D eigenvalue weighted by Gasteiger charge is -2.20. The molecule has 1 heterocycles. The highest BCUT2D eigenvalue weighted by Crippen LogP contribution is 2.42. The highest BCUT2D eigenvalue weighted by atomic mass is 32.2. The van der Waals surface area contributed by atoms with Crippen molar-refractivity contribution in [2.45, 2.75) is 18.9 Å². The third-order valence-corrected chi connectivity index (χ3v) is 5.99. The van der Waals surface area contributed by atoms with Gasteiger partial charge in [0.15, 0.2) is 0 Å². The van der Waals surface area contributed by atoms with Crippen molar-refractivity contribution in [2.75, 3.05) is 26.5 Å². The second kappa shape index (κ2) is 6.33. The Labute approximate surface area is 141 Å². The summed E-state index contributed by atoms with van der Waals surface area (Å²) in [5, 5.41) is 2.88. The van der Waals surface area contributed by atoms with Gasteiger partial charge in [0.05, 0.1) is 18.9 Å². The van der Waals surface area contributed by atoms with Gasteiger partial charge in [-0.1, -0.05) is 0 Å². The van der Waals surface area contributed by atoms with Crippen LogP contribution in [0.15, 0.2) is 18.2 Å². The van der Waals surface area contributed by atoms with Crippen molar-refractivity contribution in [1.29, 1.82) is 0 Å². The molecule has 1 saturated heterocycles. The molecular weight excluding hydrogens is 335 g/mol. The molecule has 0 radical (unpaired) electrons. The molecule has 1 aliphatic carbocycles. The lowest BCUT2D eigenvalue weighted by molar-refractivity contribution is 0.0925. The van der Waals surface area contributed by atoms with E-state index in [4.69, 9.17) is 4.74 Å². The number of hydrogen-bond acceptors (Lipinski definition) is 4. The Morgan fingerprint density at radius 1 is 1.33 bits per heavy atom. The fraction of sp³-hybridized carbons (Fsp3) is 0.562. The van der Waals surface area contributed by atoms with Gasteiger partial charge in [-0.25, -0.2) is 12.8 Å². The number of methoxy groups -OCH3 is 1. The molecular formula is C16H21FN2O4S. The van der Waals surface area contributed by atoms with Crippen LogP contribution in [-0.4, -0.2) is 51.1 Å². The molecule has 1 aromatic carbocycles.